The van der Waals surface area contributed by atoms with Crippen molar-refractivity contribution in [3.63, 3.8) is 0 Å². The van der Waals surface area contributed by atoms with Crippen molar-refractivity contribution in [2.75, 3.05) is 0 Å². The number of aliphatic carboxylic acids is 1. The first-order valence-electron chi connectivity index (χ1n) is 6.56. The van der Waals surface area contributed by atoms with E-state index in [2.05, 4.69) is 0 Å². The van der Waals surface area contributed by atoms with Gasteiger partial charge in [0.05, 0.1) is 0 Å². The van der Waals surface area contributed by atoms with Gasteiger partial charge in [0.25, 0.3) is 0 Å². The molecule has 22 heavy (non-hydrogen) atoms. The Hall–Kier alpha value is -2.12. The predicted octanol–water partition coefficient (Wildman–Crippen LogP) is 2.29. The minimum absolute atomic E-state index is 0.331. The lowest BCUT2D eigenvalue weighted by Crippen LogP contribution is -2.42. The fourth-order valence-electron chi connectivity index (χ4n) is 2.27. The molecule has 1 aromatic rings. The van der Waals surface area contributed by atoms with Gasteiger partial charge in [0.2, 0.25) is 12.3 Å². The van der Waals surface area contributed by atoms with Gasteiger partial charge in [0.1, 0.15) is 6.04 Å². The number of carbonyl (C=O) groups is 2. The molecule has 2 N–H and O–H groups in total. The molecular weight excluding hydrogens is 306 g/mol. The van der Waals surface area contributed by atoms with E-state index in [-0.39, 0.29) is 5.92 Å². The summed E-state index contributed by atoms with van der Waals surface area (Å²) in [6.45, 7) is 0. The highest BCUT2D eigenvalue weighted by Crippen LogP contribution is 2.47. The quantitative estimate of drug-likeness (QED) is 0.791. The Balaban J connectivity index is 1.97. The summed E-state index contributed by atoms with van der Waals surface area (Å²) in [5, 5.41) is 10.8. The third-order valence-corrected chi connectivity index (χ3v) is 3.53. The topological polar surface area (TPSA) is 66.4 Å². The Morgan fingerprint density at radius 3 is 2.50 bits per heavy atom. The lowest BCUT2D eigenvalue weighted by molar-refractivity contribution is -0.143. The van der Waals surface area contributed by atoms with Crippen LogP contribution < -0.4 is 5.32 Å². The van der Waals surface area contributed by atoms with Gasteiger partial charge in [0, 0.05) is 12.3 Å². The maximum atomic E-state index is 13.1. The summed E-state index contributed by atoms with van der Waals surface area (Å²) in [7, 11) is 0. The fourth-order valence-corrected chi connectivity index (χ4v) is 2.27. The second-order valence-corrected chi connectivity index (χ2v) is 5.15. The number of benzene rings is 1. The predicted molar refractivity (Wildman–Crippen MR) is 67.4 cm³/mol. The van der Waals surface area contributed by atoms with Crippen molar-refractivity contribution in [3.8, 4) is 0 Å². The van der Waals surface area contributed by atoms with Gasteiger partial charge in [-0.3, -0.25) is 4.79 Å². The minimum atomic E-state index is -2.86. The molecule has 1 aliphatic rings. The van der Waals surface area contributed by atoms with Crippen LogP contribution in [0.1, 0.15) is 24.3 Å². The van der Waals surface area contributed by atoms with Crippen LogP contribution in [0.5, 0.6) is 0 Å². The summed E-state index contributed by atoms with van der Waals surface area (Å²) in [4.78, 5) is 22.7. The number of carbonyl (C=O) groups excluding carboxylic acids is 1. The normalized spacial score (nSPS) is 21.5. The van der Waals surface area contributed by atoms with Gasteiger partial charge in [-0.25, -0.2) is 22.4 Å². The number of hydrogen-bond acceptors (Lipinski definition) is 2. The molecule has 1 aliphatic carbocycles. The van der Waals surface area contributed by atoms with Crippen LogP contribution in [0.25, 0.3) is 0 Å². The van der Waals surface area contributed by atoms with Crippen LogP contribution >= 0.6 is 0 Å². The SMILES string of the molecule is O=C(O)C(CC(F)F)NC(=O)C1CC1c1ccc(F)c(F)c1. The van der Waals surface area contributed by atoms with Crippen LogP contribution in [0.2, 0.25) is 0 Å². The average molecular weight is 319 g/mol. The third-order valence-electron chi connectivity index (χ3n) is 3.53. The second-order valence-electron chi connectivity index (χ2n) is 5.15. The summed E-state index contributed by atoms with van der Waals surface area (Å²) in [5.74, 6) is -5.25. The van der Waals surface area contributed by atoms with E-state index >= 15 is 0 Å². The summed E-state index contributed by atoms with van der Waals surface area (Å²) >= 11 is 0. The van der Waals surface area contributed by atoms with Crippen LogP contribution in [0, 0.1) is 17.6 Å². The van der Waals surface area contributed by atoms with Crippen molar-refractivity contribution in [2.45, 2.75) is 31.2 Å². The number of hydrogen-bond donors (Lipinski definition) is 2. The highest BCUT2D eigenvalue weighted by molar-refractivity contribution is 5.87. The van der Waals surface area contributed by atoms with Gasteiger partial charge < -0.3 is 10.4 Å². The van der Waals surface area contributed by atoms with Crippen molar-refractivity contribution in [1.29, 1.82) is 0 Å². The second kappa shape index (κ2) is 6.33. The molecule has 0 aromatic heterocycles. The molecule has 4 nitrogen and oxygen atoms in total. The van der Waals surface area contributed by atoms with Gasteiger partial charge in [-0.1, -0.05) is 6.07 Å². The Labute approximate surface area is 123 Å². The van der Waals surface area contributed by atoms with E-state index in [0.717, 1.165) is 12.1 Å². The van der Waals surface area contributed by atoms with Gasteiger partial charge in [0.15, 0.2) is 11.6 Å². The van der Waals surface area contributed by atoms with Crippen LogP contribution in [0.3, 0.4) is 0 Å². The zero-order chi connectivity index (χ0) is 16.4. The van der Waals surface area contributed by atoms with E-state index in [1.807, 2.05) is 5.32 Å². The molecule has 0 heterocycles. The monoisotopic (exact) mass is 319 g/mol. The maximum Gasteiger partial charge on any atom is 0.326 e. The number of nitrogens with one attached hydrogen (secondary N) is 1. The molecule has 120 valence electrons. The van der Waals surface area contributed by atoms with Gasteiger partial charge >= 0.3 is 5.97 Å². The van der Waals surface area contributed by atoms with E-state index in [4.69, 9.17) is 5.11 Å². The molecule has 1 saturated carbocycles. The van der Waals surface area contributed by atoms with Gasteiger partial charge in [-0.2, -0.15) is 0 Å². The number of carboxylic acid groups (broad SMARTS) is 1. The summed E-state index contributed by atoms with van der Waals surface area (Å²) in [5.41, 5.74) is 0.416. The molecule has 0 radical (unpaired) electrons. The molecule has 3 unspecified atom stereocenters. The first-order chi connectivity index (χ1) is 10.3. The van der Waals surface area contributed by atoms with Crippen LogP contribution in [-0.4, -0.2) is 29.5 Å². The standard InChI is InChI=1S/C14H13F4NO3/c15-9-2-1-6(3-10(9)16)7-4-8(7)13(20)19-11(14(21)22)5-12(17)18/h1-3,7-8,11-12H,4-5H2,(H,19,20)(H,21,22). The molecule has 8 heteroatoms. The van der Waals surface area contributed by atoms with Crippen LogP contribution in [0.15, 0.2) is 18.2 Å². The smallest absolute Gasteiger partial charge is 0.326 e. The zero-order valence-electron chi connectivity index (χ0n) is 11.2. The number of halogens is 4. The Morgan fingerprint density at radius 1 is 1.27 bits per heavy atom. The highest BCUT2D eigenvalue weighted by atomic mass is 19.3. The lowest BCUT2D eigenvalue weighted by Gasteiger charge is -2.14. The number of alkyl halides is 2. The molecule has 0 bridgehead atoms. The van der Waals surface area contributed by atoms with Crippen molar-refractivity contribution in [1.82, 2.24) is 5.32 Å². The largest absolute Gasteiger partial charge is 0.480 e. The highest BCUT2D eigenvalue weighted by Gasteiger charge is 2.45. The average Bonchev–Trinajstić information content (AvgIpc) is 3.21. The molecular formula is C14H13F4NO3. The minimum Gasteiger partial charge on any atom is -0.480 e. The van der Waals surface area contributed by atoms with Crippen LogP contribution in [0.4, 0.5) is 17.6 Å². The Morgan fingerprint density at radius 2 is 1.95 bits per heavy atom. The molecule has 0 aliphatic heterocycles. The van der Waals surface area contributed by atoms with Crippen molar-refractivity contribution < 1.29 is 32.3 Å². The molecule has 0 saturated heterocycles. The molecule has 1 fully saturated rings. The lowest BCUT2D eigenvalue weighted by atomic mass is 10.1. The summed E-state index contributed by atoms with van der Waals surface area (Å²) < 4.78 is 50.4. The first-order valence-corrected chi connectivity index (χ1v) is 6.56. The zero-order valence-corrected chi connectivity index (χ0v) is 11.2. The van der Waals surface area contributed by atoms with Gasteiger partial charge in [-0.15, -0.1) is 0 Å². The van der Waals surface area contributed by atoms with E-state index in [1.165, 1.54) is 6.07 Å². The molecule has 0 spiro atoms. The third kappa shape index (κ3) is 3.75. The van der Waals surface area contributed by atoms with Gasteiger partial charge in [-0.05, 0) is 30.0 Å². The Kier molecular flexibility index (Phi) is 4.68. The van der Waals surface area contributed by atoms with Crippen molar-refractivity contribution >= 4 is 11.9 Å². The fraction of sp³-hybridized carbons (Fsp3) is 0.429. The molecule has 1 aromatic carbocycles. The van der Waals surface area contributed by atoms with E-state index in [1.54, 1.807) is 0 Å². The first kappa shape index (κ1) is 16.3. The maximum absolute atomic E-state index is 13.1. The van der Waals surface area contributed by atoms with E-state index in [0.29, 0.717) is 12.0 Å². The van der Waals surface area contributed by atoms with Crippen molar-refractivity contribution in [2.24, 2.45) is 5.92 Å². The van der Waals surface area contributed by atoms with E-state index < -0.39 is 48.3 Å². The summed E-state index contributed by atoms with van der Waals surface area (Å²) in [6, 6.07) is 1.58. The van der Waals surface area contributed by atoms with Crippen molar-refractivity contribution in [3.05, 3.63) is 35.4 Å². The molecule has 2 rings (SSSR count). The molecule has 1 amide bonds. The number of amides is 1. The number of rotatable bonds is 6. The van der Waals surface area contributed by atoms with E-state index in [9.17, 15) is 27.2 Å². The number of carboxylic acids is 1. The Bertz CT molecular complexity index is 593. The summed E-state index contributed by atoms with van der Waals surface area (Å²) in [6.07, 6.45) is -3.51. The molecule has 3 atom stereocenters. The van der Waals surface area contributed by atoms with Crippen LogP contribution in [-0.2, 0) is 9.59 Å².